The number of carboxylic acids is 1. The molecule has 0 aliphatic carbocycles. The number of ether oxygens (including phenoxy) is 2. The Kier molecular flexibility index (Phi) is 7.24. The molecule has 0 heterocycles. The normalized spacial score (nSPS) is 13.1. The van der Waals surface area contributed by atoms with Crippen LogP contribution in [0.2, 0.25) is 0 Å². The fourth-order valence-electron chi connectivity index (χ4n) is 2.62. The van der Waals surface area contributed by atoms with Crippen LogP contribution in [-0.2, 0) is 23.8 Å². The lowest BCUT2D eigenvalue weighted by atomic mass is 10.0. The Hall–Kier alpha value is -3.38. The molecule has 0 saturated carbocycles. The van der Waals surface area contributed by atoms with Crippen molar-refractivity contribution < 1.29 is 58.9 Å². The van der Waals surface area contributed by atoms with E-state index in [2.05, 4.69) is 0 Å². The van der Waals surface area contributed by atoms with E-state index in [1.165, 1.54) is 0 Å². The minimum Gasteiger partial charge on any atom is -0.493 e. The molecule has 0 aliphatic heterocycles. The molecule has 4 nitrogen and oxygen atoms in total. The van der Waals surface area contributed by atoms with E-state index in [9.17, 15) is 44.3 Å². The van der Waals surface area contributed by atoms with Gasteiger partial charge in [-0.2, -0.15) is 39.5 Å². The first kappa shape index (κ1) is 25.9. The van der Waals surface area contributed by atoms with Crippen LogP contribution < -0.4 is 9.47 Å². The van der Waals surface area contributed by atoms with E-state index < -0.39 is 53.4 Å². The summed E-state index contributed by atoms with van der Waals surface area (Å²) < 4.78 is 126. The van der Waals surface area contributed by atoms with E-state index in [-0.39, 0.29) is 23.1 Å². The highest BCUT2D eigenvalue weighted by molar-refractivity contribution is 5.93. The fraction of sp³-hybridized carbons (Fsp3) is 0.250. The lowest BCUT2D eigenvalue weighted by Gasteiger charge is -2.17. The van der Waals surface area contributed by atoms with Gasteiger partial charge in [-0.15, -0.1) is 0 Å². The molecule has 1 N–H and O–H groups in total. The maximum absolute atomic E-state index is 13.2. The van der Waals surface area contributed by atoms with Gasteiger partial charge >= 0.3 is 24.5 Å². The summed E-state index contributed by atoms with van der Waals surface area (Å²) in [6, 6.07) is 3.93. The summed E-state index contributed by atoms with van der Waals surface area (Å²) in [5.41, 5.74) is -5.86. The standard InChI is InChI=1S/C20H13F9O4/c1-32-16-7-10(6-14(17(30)31)20(27,28)29)2-5-15(16)33-9-11-3-4-12(18(21,22)23)8-13(11)19(24,25)26/h2-8H,9H2,1H3,(H,30,31)/b14-6-. The predicted octanol–water partition coefficient (Wildman–Crippen LogP) is 6.34. The highest BCUT2D eigenvalue weighted by Crippen LogP contribution is 2.38. The number of benzene rings is 2. The molecule has 0 aliphatic rings. The number of hydrogen-bond donors (Lipinski definition) is 1. The summed E-state index contributed by atoms with van der Waals surface area (Å²) >= 11 is 0. The largest absolute Gasteiger partial charge is 0.493 e. The van der Waals surface area contributed by atoms with Crippen molar-refractivity contribution in [3.05, 3.63) is 64.2 Å². The topological polar surface area (TPSA) is 55.8 Å². The summed E-state index contributed by atoms with van der Waals surface area (Å²) in [4.78, 5) is 10.8. The van der Waals surface area contributed by atoms with Crippen LogP contribution in [0.5, 0.6) is 11.5 Å². The van der Waals surface area contributed by atoms with E-state index in [0.717, 1.165) is 25.3 Å². The highest BCUT2D eigenvalue weighted by Gasteiger charge is 2.39. The van der Waals surface area contributed by atoms with Crippen LogP contribution in [0.4, 0.5) is 39.5 Å². The van der Waals surface area contributed by atoms with E-state index in [4.69, 9.17) is 14.6 Å². The third kappa shape index (κ3) is 6.56. The number of rotatable bonds is 6. The molecule has 0 radical (unpaired) electrons. The molecule has 13 heteroatoms. The maximum Gasteiger partial charge on any atom is 0.423 e. The molecule has 33 heavy (non-hydrogen) atoms. The van der Waals surface area contributed by atoms with Crippen LogP contribution >= 0.6 is 0 Å². The van der Waals surface area contributed by atoms with Crippen molar-refractivity contribution in [2.45, 2.75) is 25.1 Å². The van der Waals surface area contributed by atoms with Crippen molar-refractivity contribution in [2.24, 2.45) is 0 Å². The van der Waals surface area contributed by atoms with Crippen LogP contribution in [-0.4, -0.2) is 24.4 Å². The molecular formula is C20H13F9O4. The molecule has 0 unspecified atom stereocenters. The Morgan fingerprint density at radius 3 is 2.03 bits per heavy atom. The van der Waals surface area contributed by atoms with Gasteiger partial charge < -0.3 is 14.6 Å². The summed E-state index contributed by atoms with van der Waals surface area (Å²) in [5.74, 6) is -2.73. The summed E-state index contributed by atoms with van der Waals surface area (Å²) in [6.45, 7) is -0.846. The zero-order valence-corrected chi connectivity index (χ0v) is 16.3. The van der Waals surface area contributed by atoms with Gasteiger partial charge in [0, 0.05) is 5.56 Å². The second-order valence-corrected chi connectivity index (χ2v) is 6.43. The molecule has 2 aromatic carbocycles. The molecule has 0 fully saturated rings. The Morgan fingerprint density at radius 1 is 0.909 bits per heavy atom. The van der Waals surface area contributed by atoms with E-state index in [0.29, 0.717) is 18.2 Å². The Bertz CT molecular complexity index is 1050. The second kappa shape index (κ2) is 9.24. The van der Waals surface area contributed by atoms with E-state index >= 15 is 0 Å². The average Bonchev–Trinajstić information content (AvgIpc) is 2.68. The van der Waals surface area contributed by atoms with Gasteiger partial charge in [0.15, 0.2) is 11.5 Å². The molecule has 0 bridgehead atoms. The molecule has 180 valence electrons. The maximum atomic E-state index is 13.2. The first-order valence-corrected chi connectivity index (χ1v) is 8.64. The van der Waals surface area contributed by atoms with E-state index in [1.54, 1.807) is 0 Å². The lowest BCUT2D eigenvalue weighted by Crippen LogP contribution is -2.19. The zero-order chi connectivity index (χ0) is 25.2. The minimum atomic E-state index is -5.16. The van der Waals surface area contributed by atoms with Gasteiger partial charge in [0.25, 0.3) is 0 Å². The molecule has 0 saturated heterocycles. The summed E-state index contributed by atoms with van der Waals surface area (Å²) in [5, 5.41) is 8.72. The number of alkyl halides is 9. The van der Waals surface area contributed by atoms with Crippen molar-refractivity contribution in [2.75, 3.05) is 7.11 Å². The van der Waals surface area contributed by atoms with Crippen molar-refractivity contribution in [1.29, 1.82) is 0 Å². The minimum absolute atomic E-state index is 0.0611. The highest BCUT2D eigenvalue weighted by atomic mass is 19.4. The predicted molar refractivity (Wildman–Crippen MR) is 95.4 cm³/mol. The Balaban J connectivity index is 2.37. The van der Waals surface area contributed by atoms with Gasteiger partial charge in [-0.25, -0.2) is 4.79 Å². The van der Waals surface area contributed by atoms with Crippen molar-refractivity contribution in [3.63, 3.8) is 0 Å². The third-order valence-corrected chi connectivity index (χ3v) is 4.16. The van der Waals surface area contributed by atoms with Crippen molar-refractivity contribution in [1.82, 2.24) is 0 Å². The van der Waals surface area contributed by atoms with Gasteiger partial charge in [-0.1, -0.05) is 12.1 Å². The van der Waals surface area contributed by atoms with Gasteiger partial charge in [-0.3, -0.25) is 0 Å². The van der Waals surface area contributed by atoms with Gasteiger partial charge in [0.2, 0.25) is 0 Å². The monoisotopic (exact) mass is 488 g/mol. The van der Waals surface area contributed by atoms with Crippen molar-refractivity contribution >= 4 is 12.0 Å². The van der Waals surface area contributed by atoms with Crippen LogP contribution in [0.25, 0.3) is 6.08 Å². The van der Waals surface area contributed by atoms with Gasteiger partial charge in [-0.05, 0) is 35.9 Å². The van der Waals surface area contributed by atoms with Crippen molar-refractivity contribution in [3.8, 4) is 11.5 Å². The average molecular weight is 488 g/mol. The Labute approximate surface area is 179 Å². The van der Waals surface area contributed by atoms with Crippen LogP contribution in [0.3, 0.4) is 0 Å². The van der Waals surface area contributed by atoms with Gasteiger partial charge in [0.1, 0.15) is 12.2 Å². The molecule has 0 spiro atoms. The third-order valence-electron chi connectivity index (χ3n) is 4.16. The Morgan fingerprint density at radius 2 is 1.55 bits per heavy atom. The number of halogens is 9. The van der Waals surface area contributed by atoms with Gasteiger partial charge in [0.05, 0.1) is 18.2 Å². The number of carboxylic acid groups (broad SMARTS) is 1. The quantitative estimate of drug-likeness (QED) is 0.381. The molecular weight excluding hydrogens is 475 g/mol. The van der Waals surface area contributed by atoms with Crippen LogP contribution in [0, 0.1) is 0 Å². The first-order chi connectivity index (χ1) is 15.0. The molecule has 2 aromatic rings. The number of hydrogen-bond acceptors (Lipinski definition) is 3. The second-order valence-electron chi connectivity index (χ2n) is 6.43. The molecule has 0 atom stereocenters. The summed E-state index contributed by atoms with van der Waals surface area (Å²) in [7, 11) is 1.07. The zero-order valence-electron chi connectivity index (χ0n) is 16.3. The lowest BCUT2D eigenvalue weighted by molar-refractivity contribution is -0.145. The SMILES string of the molecule is COc1cc(/C=C(/C(=O)O)C(F)(F)F)ccc1OCc1ccc(C(F)(F)F)cc1C(F)(F)F. The molecule has 0 aromatic heterocycles. The molecule has 2 rings (SSSR count). The number of aliphatic carboxylic acids is 1. The van der Waals surface area contributed by atoms with Crippen LogP contribution in [0.1, 0.15) is 22.3 Å². The summed E-state index contributed by atoms with van der Waals surface area (Å²) in [6.07, 6.45) is -15.0. The van der Waals surface area contributed by atoms with E-state index in [1.807, 2.05) is 0 Å². The first-order valence-electron chi connectivity index (χ1n) is 8.64. The smallest absolute Gasteiger partial charge is 0.423 e. The fourth-order valence-corrected chi connectivity index (χ4v) is 2.62. The number of methoxy groups -OCH3 is 1. The number of carbonyl (C=O) groups is 1. The van der Waals surface area contributed by atoms with Crippen LogP contribution in [0.15, 0.2) is 42.0 Å². The molecule has 0 amide bonds.